The average molecular weight is 270 g/mol. The molecule has 0 fully saturated rings. The summed E-state index contributed by atoms with van der Waals surface area (Å²) in [6.07, 6.45) is 1.21. The van der Waals surface area contributed by atoms with E-state index in [1.54, 1.807) is 11.8 Å². The number of aliphatic carboxylic acids is 1. The second-order valence-electron chi connectivity index (χ2n) is 4.53. The maximum atomic E-state index is 10.8. The molecule has 1 rings (SSSR count). The summed E-state index contributed by atoms with van der Waals surface area (Å²) in [5.41, 5.74) is 0. The highest BCUT2D eigenvalue weighted by atomic mass is 16.6. The van der Waals surface area contributed by atoms with E-state index < -0.39 is 10.9 Å². The van der Waals surface area contributed by atoms with Gasteiger partial charge in [0.2, 0.25) is 0 Å². The van der Waals surface area contributed by atoms with Crippen LogP contribution in [0.4, 0.5) is 5.82 Å². The van der Waals surface area contributed by atoms with Crippen molar-refractivity contribution < 1.29 is 14.8 Å². The van der Waals surface area contributed by atoms with E-state index in [4.69, 9.17) is 5.11 Å². The summed E-state index contributed by atoms with van der Waals surface area (Å²) >= 11 is 0. The fraction of sp³-hybridized carbons (Fsp3) is 0.636. The molecule has 19 heavy (non-hydrogen) atoms. The van der Waals surface area contributed by atoms with Crippen LogP contribution in [0.15, 0.2) is 6.20 Å². The van der Waals surface area contributed by atoms with E-state index in [2.05, 4.69) is 4.98 Å². The molecule has 106 valence electrons. The Balaban J connectivity index is 2.76. The molecule has 0 atom stereocenters. The molecular weight excluding hydrogens is 252 g/mol. The van der Waals surface area contributed by atoms with E-state index in [-0.39, 0.29) is 18.4 Å². The van der Waals surface area contributed by atoms with Crippen molar-refractivity contribution in [1.82, 2.24) is 14.5 Å². The molecule has 0 amide bonds. The fourth-order valence-electron chi connectivity index (χ4n) is 1.80. The lowest BCUT2D eigenvalue weighted by Gasteiger charge is -2.23. The van der Waals surface area contributed by atoms with Crippen LogP contribution in [0.5, 0.6) is 0 Å². The third-order valence-corrected chi connectivity index (χ3v) is 2.90. The van der Waals surface area contributed by atoms with Gasteiger partial charge in [-0.15, -0.1) is 0 Å². The van der Waals surface area contributed by atoms with Gasteiger partial charge >= 0.3 is 11.8 Å². The summed E-state index contributed by atoms with van der Waals surface area (Å²) in [4.78, 5) is 26.7. The molecule has 0 saturated heterocycles. The average Bonchev–Trinajstić information content (AvgIpc) is 2.65. The Morgan fingerprint density at radius 1 is 1.63 bits per heavy atom. The Morgan fingerprint density at radius 2 is 2.26 bits per heavy atom. The van der Waals surface area contributed by atoms with Crippen molar-refractivity contribution in [3.63, 3.8) is 0 Å². The molecule has 0 aliphatic rings. The van der Waals surface area contributed by atoms with Crippen LogP contribution in [-0.2, 0) is 11.3 Å². The Kier molecular flexibility index (Phi) is 4.99. The van der Waals surface area contributed by atoms with Gasteiger partial charge in [0.15, 0.2) is 5.82 Å². The number of carboxylic acids is 1. The largest absolute Gasteiger partial charge is 0.480 e. The zero-order valence-electron chi connectivity index (χ0n) is 11.2. The van der Waals surface area contributed by atoms with E-state index >= 15 is 0 Å². The van der Waals surface area contributed by atoms with Gasteiger partial charge in [0, 0.05) is 19.5 Å². The predicted octanol–water partition coefficient (Wildman–Crippen LogP) is 0.895. The summed E-state index contributed by atoms with van der Waals surface area (Å²) in [5.74, 6) is -0.437. The van der Waals surface area contributed by atoms with Crippen LogP contribution >= 0.6 is 0 Å². The number of nitrogens with zero attached hydrogens (tertiary/aromatic N) is 4. The number of rotatable bonds is 7. The number of imidazole rings is 1. The molecular formula is C11H18N4O4. The Labute approximate surface area is 110 Å². The monoisotopic (exact) mass is 270 g/mol. The van der Waals surface area contributed by atoms with E-state index in [9.17, 15) is 14.9 Å². The van der Waals surface area contributed by atoms with E-state index in [1.807, 2.05) is 13.8 Å². The molecule has 0 bridgehead atoms. The number of hydrogen-bond acceptors (Lipinski definition) is 5. The van der Waals surface area contributed by atoms with E-state index in [0.29, 0.717) is 18.9 Å². The van der Waals surface area contributed by atoms with E-state index in [1.165, 1.54) is 10.8 Å². The molecule has 0 aliphatic carbocycles. The van der Waals surface area contributed by atoms with Crippen molar-refractivity contribution in [2.24, 2.45) is 0 Å². The second kappa shape index (κ2) is 6.28. The molecule has 1 aromatic rings. The van der Waals surface area contributed by atoms with Gasteiger partial charge < -0.3 is 15.2 Å². The molecule has 0 unspecified atom stereocenters. The molecule has 8 nitrogen and oxygen atoms in total. The van der Waals surface area contributed by atoms with Crippen LogP contribution in [0.3, 0.4) is 0 Å². The van der Waals surface area contributed by atoms with Crippen LogP contribution in [-0.4, -0.2) is 49.6 Å². The molecule has 0 radical (unpaired) electrons. The van der Waals surface area contributed by atoms with Gasteiger partial charge in [-0.1, -0.05) is 0 Å². The first-order valence-electron chi connectivity index (χ1n) is 5.95. The third kappa shape index (κ3) is 4.02. The maximum Gasteiger partial charge on any atom is 0.342 e. The van der Waals surface area contributed by atoms with Crippen LogP contribution < -0.4 is 0 Å². The molecule has 0 aliphatic heterocycles. The van der Waals surface area contributed by atoms with Crippen molar-refractivity contribution in [3.05, 3.63) is 22.1 Å². The molecule has 0 saturated carbocycles. The van der Waals surface area contributed by atoms with E-state index in [0.717, 1.165) is 0 Å². The Morgan fingerprint density at radius 3 is 2.74 bits per heavy atom. The second-order valence-corrected chi connectivity index (χ2v) is 4.53. The molecule has 1 heterocycles. The van der Waals surface area contributed by atoms with Gasteiger partial charge in [-0.3, -0.25) is 9.69 Å². The maximum absolute atomic E-state index is 10.8. The molecule has 1 aromatic heterocycles. The van der Waals surface area contributed by atoms with Crippen molar-refractivity contribution in [2.75, 3.05) is 13.1 Å². The Hall–Kier alpha value is -1.96. The van der Waals surface area contributed by atoms with Crippen LogP contribution in [0.1, 0.15) is 19.7 Å². The number of aromatic nitrogens is 2. The number of nitro groups is 1. The van der Waals surface area contributed by atoms with Gasteiger partial charge in [0.05, 0.1) is 6.54 Å². The SMILES string of the molecule is Cc1ncc([N+](=O)[O-])n1CCN(CC(=O)O)C(C)C. The third-order valence-electron chi connectivity index (χ3n) is 2.90. The summed E-state index contributed by atoms with van der Waals surface area (Å²) in [7, 11) is 0. The Bertz CT molecular complexity index is 469. The molecule has 8 heteroatoms. The topological polar surface area (TPSA) is 102 Å². The molecule has 1 N–H and O–H groups in total. The lowest BCUT2D eigenvalue weighted by molar-refractivity contribution is -0.392. The van der Waals surface area contributed by atoms with Crippen molar-refractivity contribution in [3.8, 4) is 0 Å². The minimum atomic E-state index is -0.912. The van der Waals surface area contributed by atoms with Crippen LogP contribution in [0.25, 0.3) is 0 Å². The fourth-order valence-corrected chi connectivity index (χ4v) is 1.80. The predicted molar refractivity (Wildman–Crippen MR) is 68.0 cm³/mol. The molecule has 0 aromatic carbocycles. The highest BCUT2D eigenvalue weighted by Crippen LogP contribution is 2.13. The summed E-state index contributed by atoms with van der Waals surface area (Å²) in [6, 6.07) is 0.0546. The summed E-state index contributed by atoms with van der Waals surface area (Å²) < 4.78 is 1.48. The first-order chi connectivity index (χ1) is 8.82. The van der Waals surface area contributed by atoms with Crippen molar-refractivity contribution >= 4 is 11.8 Å². The number of carbonyl (C=O) groups is 1. The van der Waals surface area contributed by atoms with Crippen molar-refractivity contribution in [2.45, 2.75) is 33.4 Å². The zero-order chi connectivity index (χ0) is 14.6. The lowest BCUT2D eigenvalue weighted by Crippen LogP contribution is -2.38. The minimum Gasteiger partial charge on any atom is -0.480 e. The summed E-state index contributed by atoms with van der Waals surface area (Å²) in [5, 5.41) is 19.6. The first-order valence-corrected chi connectivity index (χ1v) is 5.95. The van der Waals surface area contributed by atoms with Gasteiger partial charge in [-0.05, 0) is 18.8 Å². The quantitative estimate of drug-likeness (QED) is 0.583. The zero-order valence-corrected chi connectivity index (χ0v) is 11.2. The van der Waals surface area contributed by atoms with Crippen LogP contribution in [0.2, 0.25) is 0 Å². The minimum absolute atomic E-state index is 0.0546. The first kappa shape index (κ1) is 15.1. The number of hydrogen-bond donors (Lipinski definition) is 1. The van der Waals surface area contributed by atoms with Gasteiger partial charge in [-0.25, -0.2) is 9.55 Å². The van der Waals surface area contributed by atoms with Gasteiger partial charge in [0.25, 0.3) is 0 Å². The lowest BCUT2D eigenvalue weighted by atomic mass is 10.3. The smallest absolute Gasteiger partial charge is 0.342 e. The van der Waals surface area contributed by atoms with Gasteiger partial charge in [-0.2, -0.15) is 0 Å². The van der Waals surface area contributed by atoms with Crippen LogP contribution in [0, 0.1) is 17.0 Å². The van der Waals surface area contributed by atoms with Gasteiger partial charge in [0.1, 0.15) is 12.7 Å². The normalized spacial score (nSPS) is 11.2. The van der Waals surface area contributed by atoms with Crippen molar-refractivity contribution in [1.29, 1.82) is 0 Å². The highest BCUT2D eigenvalue weighted by molar-refractivity contribution is 5.69. The standard InChI is InChI=1S/C11H18N4O4/c1-8(2)13(7-11(16)17)4-5-14-9(3)12-6-10(14)15(18)19/h6,8H,4-5,7H2,1-3H3,(H,16,17). The number of carboxylic acid groups (broad SMARTS) is 1. The molecule has 0 spiro atoms. The highest BCUT2D eigenvalue weighted by Gasteiger charge is 2.20. The number of aryl methyl sites for hydroxylation is 1. The summed E-state index contributed by atoms with van der Waals surface area (Å²) in [6.45, 7) is 6.13.